The largest absolute Gasteiger partial charge is 0.494 e. The van der Waals surface area contributed by atoms with Crippen molar-refractivity contribution in [2.45, 2.75) is 52.2 Å². The molecule has 0 spiro atoms. The molecular weight excluding hydrogens is 504 g/mol. The number of ketones is 1. The van der Waals surface area contributed by atoms with E-state index in [0.29, 0.717) is 26.1 Å². The lowest BCUT2D eigenvalue weighted by molar-refractivity contribution is -0.149. The van der Waals surface area contributed by atoms with Crippen molar-refractivity contribution in [3.05, 3.63) is 101 Å². The molecule has 8 nitrogen and oxygen atoms in total. The molecule has 0 saturated carbocycles. The van der Waals surface area contributed by atoms with Crippen LogP contribution in [0.4, 0.5) is 0 Å². The summed E-state index contributed by atoms with van der Waals surface area (Å²) >= 11 is 0. The first kappa shape index (κ1) is 30.5. The average molecular weight is 545 g/mol. The summed E-state index contributed by atoms with van der Waals surface area (Å²) in [5, 5.41) is 1.35. The smallest absolute Gasteiger partial charge is 0.247 e. The highest BCUT2D eigenvalue weighted by atomic mass is 16.5. The van der Waals surface area contributed by atoms with Crippen LogP contribution in [0, 0.1) is 0 Å². The third-order valence-corrected chi connectivity index (χ3v) is 6.58. The number of nitrogens with one attached hydrogen (secondary N) is 1. The molecule has 3 rings (SSSR count). The van der Waals surface area contributed by atoms with Crippen LogP contribution in [0.5, 0.6) is 5.75 Å². The Bertz CT molecular complexity index is 1230. The molecule has 1 atom stereocenters. The number of Topliss-reactive ketones (excluding diaryl/α,β-unsaturated/α-hetero) is 1. The van der Waals surface area contributed by atoms with Gasteiger partial charge in [-0.1, -0.05) is 73.7 Å². The topological polar surface area (TPSA) is 105 Å². The van der Waals surface area contributed by atoms with Crippen molar-refractivity contribution < 1.29 is 19.1 Å². The predicted octanol–water partition coefficient (Wildman–Crippen LogP) is 3.67. The molecule has 2 amide bonds. The van der Waals surface area contributed by atoms with Gasteiger partial charge in [0.15, 0.2) is 5.78 Å². The van der Waals surface area contributed by atoms with Gasteiger partial charge in [0.1, 0.15) is 11.8 Å². The number of carbonyl (C=O) groups is 3. The highest BCUT2D eigenvalue weighted by Gasteiger charge is 2.32. The summed E-state index contributed by atoms with van der Waals surface area (Å²) in [6.07, 6.45) is 0.689. The van der Waals surface area contributed by atoms with E-state index >= 15 is 0 Å². The lowest BCUT2D eigenvalue weighted by Gasteiger charge is -2.34. The summed E-state index contributed by atoms with van der Waals surface area (Å²) in [4.78, 5) is 41.5. The molecule has 0 fully saturated rings. The first-order chi connectivity index (χ1) is 19.3. The quantitative estimate of drug-likeness (QED) is 0.283. The van der Waals surface area contributed by atoms with Crippen molar-refractivity contribution in [1.29, 1.82) is 0 Å². The summed E-state index contributed by atoms with van der Waals surface area (Å²) in [5.74, 6) is 0.166. The van der Waals surface area contributed by atoms with E-state index in [1.807, 2.05) is 85.8 Å². The molecule has 0 radical (unpaired) electrons. The molecule has 0 saturated heterocycles. The van der Waals surface area contributed by atoms with Crippen molar-refractivity contribution >= 4 is 17.6 Å². The Morgan fingerprint density at radius 1 is 0.850 bits per heavy atom. The fraction of sp³-hybridized carbons (Fsp3) is 0.344. The lowest BCUT2D eigenvalue weighted by atomic mass is 10.0. The number of hydrazine groups is 1. The molecular formula is C32H40N4O4. The Labute approximate surface area is 237 Å². The van der Waals surface area contributed by atoms with Crippen molar-refractivity contribution in [3.8, 4) is 5.75 Å². The second-order valence-electron chi connectivity index (χ2n) is 9.67. The summed E-state index contributed by atoms with van der Waals surface area (Å²) in [6, 6.07) is 23.9. The fourth-order valence-corrected chi connectivity index (χ4v) is 4.39. The van der Waals surface area contributed by atoms with E-state index in [4.69, 9.17) is 10.5 Å². The van der Waals surface area contributed by atoms with Crippen LogP contribution in [0.15, 0.2) is 78.9 Å². The van der Waals surface area contributed by atoms with Gasteiger partial charge in [-0.15, -0.1) is 0 Å². The maximum absolute atomic E-state index is 13.8. The SMILES string of the molecule is CCOc1ccc(CC(=O)CNN(C(=O)CC)[C@@H](Cc2ccccc2)C(=O)N(C)Cc2ccc(CN)cc2)cc1. The normalized spacial score (nSPS) is 11.5. The molecule has 0 aliphatic heterocycles. The van der Waals surface area contributed by atoms with Crippen LogP contribution in [0.1, 0.15) is 42.5 Å². The number of ether oxygens (including phenoxy) is 1. The molecule has 3 aromatic rings. The molecule has 0 bridgehead atoms. The van der Waals surface area contributed by atoms with Gasteiger partial charge in [-0.3, -0.25) is 19.4 Å². The molecule has 40 heavy (non-hydrogen) atoms. The van der Waals surface area contributed by atoms with Gasteiger partial charge >= 0.3 is 0 Å². The van der Waals surface area contributed by atoms with E-state index in [1.54, 1.807) is 18.9 Å². The van der Waals surface area contributed by atoms with Gasteiger partial charge in [-0.2, -0.15) is 0 Å². The van der Waals surface area contributed by atoms with Crippen molar-refractivity contribution in [3.63, 3.8) is 0 Å². The third-order valence-electron chi connectivity index (χ3n) is 6.58. The van der Waals surface area contributed by atoms with E-state index in [-0.39, 0.29) is 37.0 Å². The van der Waals surface area contributed by atoms with E-state index in [9.17, 15) is 14.4 Å². The van der Waals surface area contributed by atoms with Crippen LogP contribution in [0.3, 0.4) is 0 Å². The number of amides is 2. The number of carbonyl (C=O) groups excluding carboxylic acids is 3. The molecule has 0 unspecified atom stereocenters. The molecule has 3 N–H and O–H groups in total. The molecule has 212 valence electrons. The second-order valence-corrected chi connectivity index (χ2v) is 9.67. The minimum atomic E-state index is -0.832. The Hall–Kier alpha value is -4.01. The highest BCUT2D eigenvalue weighted by Crippen LogP contribution is 2.15. The Balaban J connectivity index is 1.76. The van der Waals surface area contributed by atoms with Gasteiger partial charge in [0.25, 0.3) is 0 Å². The third kappa shape index (κ3) is 9.03. The number of hydrogen-bond acceptors (Lipinski definition) is 6. The van der Waals surface area contributed by atoms with Crippen molar-refractivity contribution in [2.75, 3.05) is 20.2 Å². The first-order valence-corrected chi connectivity index (χ1v) is 13.7. The zero-order chi connectivity index (χ0) is 28.9. The number of rotatable bonds is 15. The van der Waals surface area contributed by atoms with Crippen LogP contribution < -0.4 is 15.9 Å². The monoisotopic (exact) mass is 544 g/mol. The van der Waals surface area contributed by atoms with Crippen LogP contribution in [0.2, 0.25) is 0 Å². The average Bonchev–Trinajstić information content (AvgIpc) is 2.98. The maximum atomic E-state index is 13.8. The van der Waals surface area contributed by atoms with Gasteiger partial charge in [-0.25, -0.2) is 5.43 Å². The van der Waals surface area contributed by atoms with Gasteiger partial charge in [-0.05, 0) is 41.3 Å². The fourth-order valence-electron chi connectivity index (χ4n) is 4.39. The zero-order valence-electron chi connectivity index (χ0n) is 23.6. The van der Waals surface area contributed by atoms with Crippen molar-refractivity contribution in [1.82, 2.24) is 15.3 Å². The Morgan fingerprint density at radius 2 is 1.48 bits per heavy atom. The summed E-state index contributed by atoms with van der Waals surface area (Å²) in [5.41, 5.74) is 12.4. The van der Waals surface area contributed by atoms with E-state index in [1.165, 1.54) is 5.01 Å². The molecule has 8 heteroatoms. The van der Waals surface area contributed by atoms with Crippen LogP contribution in [0.25, 0.3) is 0 Å². The second kappa shape index (κ2) is 15.5. The van der Waals surface area contributed by atoms with E-state index in [2.05, 4.69) is 5.43 Å². The van der Waals surface area contributed by atoms with E-state index in [0.717, 1.165) is 28.0 Å². The lowest BCUT2D eigenvalue weighted by Crippen LogP contribution is -2.57. The molecule has 0 aromatic heterocycles. The predicted molar refractivity (Wildman–Crippen MR) is 156 cm³/mol. The number of hydrogen-bond donors (Lipinski definition) is 2. The van der Waals surface area contributed by atoms with Crippen LogP contribution >= 0.6 is 0 Å². The molecule has 3 aromatic carbocycles. The first-order valence-electron chi connectivity index (χ1n) is 13.7. The van der Waals surface area contributed by atoms with Gasteiger partial charge in [0.05, 0.1) is 13.2 Å². The molecule has 0 aliphatic rings. The van der Waals surface area contributed by atoms with E-state index < -0.39 is 6.04 Å². The summed E-state index contributed by atoms with van der Waals surface area (Å²) < 4.78 is 5.47. The summed E-state index contributed by atoms with van der Waals surface area (Å²) in [6.45, 7) is 4.97. The number of benzene rings is 3. The van der Waals surface area contributed by atoms with Crippen LogP contribution in [-0.4, -0.2) is 53.7 Å². The standard InChI is InChI=1S/C32H40N4O4/c1-4-31(38)36(34-22-28(37)19-25-15-17-29(18-16-25)40-5-2)30(20-24-9-7-6-8-10-24)32(39)35(3)23-27-13-11-26(21-33)12-14-27/h6-18,30,34H,4-5,19-23,33H2,1-3H3/t30-/m0/s1. The van der Waals surface area contributed by atoms with Gasteiger partial charge in [0, 0.05) is 39.4 Å². The Morgan fingerprint density at radius 3 is 2.08 bits per heavy atom. The minimum Gasteiger partial charge on any atom is -0.494 e. The zero-order valence-corrected chi connectivity index (χ0v) is 23.6. The molecule has 0 aliphatic carbocycles. The summed E-state index contributed by atoms with van der Waals surface area (Å²) in [7, 11) is 1.73. The van der Waals surface area contributed by atoms with Crippen molar-refractivity contribution in [2.24, 2.45) is 5.73 Å². The van der Waals surface area contributed by atoms with Gasteiger partial charge in [0.2, 0.25) is 11.8 Å². The van der Waals surface area contributed by atoms with Gasteiger partial charge < -0.3 is 15.4 Å². The van der Waals surface area contributed by atoms with Crippen LogP contribution in [-0.2, 0) is 40.3 Å². The Kier molecular flexibility index (Phi) is 11.9. The number of nitrogens with two attached hydrogens (primary N) is 1. The maximum Gasteiger partial charge on any atom is 0.247 e. The molecule has 0 heterocycles. The highest BCUT2D eigenvalue weighted by molar-refractivity contribution is 5.88. The minimum absolute atomic E-state index is 0.0816. The number of nitrogens with zero attached hydrogens (tertiary/aromatic N) is 2. The number of likely N-dealkylation sites (N-methyl/N-ethyl adjacent to an activating group) is 1.